The van der Waals surface area contributed by atoms with Gasteiger partial charge in [-0.05, 0) is 65.7 Å². The van der Waals surface area contributed by atoms with Crippen molar-refractivity contribution in [2.75, 3.05) is 4.90 Å². The fourth-order valence-corrected chi connectivity index (χ4v) is 10.0. The van der Waals surface area contributed by atoms with Crippen LogP contribution >= 0.6 is 0 Å². The summed E-state index contributed by atoms with van der Waals surface area (Å²) in [6.45, 7) is 0. The molecule has 0 bridgehead atoms. The van der Waals surface area contributed by atoms with E-state index in [4.69, 9.17) is 8.83 Å². The Balaban J connectivity index is 1.18. The Morgan fingerprint density at radius 3 is 1.59 bits per heavy atom. The van der Waals surface area contributed by atoms with E-state index in [0.717, 1.165) is 116 Å². The highest BCUT2D eigenvalue weighted by Gasteiger charge is 2.27. The van der Waals surface area contributed by atoms with Crippen molar-refractivity contribution in [1.82, 2.24) is 4.57 Å². The number of benzene rings is 10. The summed E-state index contributed by atoms with van der Waals surface area (Å²) in [5.74, 6) is 0. The zero-order valence-electron chi connectivity index (χ0n) is 34.7. The monoisotopic (exact) mass is 818 g/mol. The lowest BCUT2D eigenvalue weighted by molar-refractivity contribution is 0.669. The van der Waals surface area contributed by atoms with Crippen LogP contribution in [0.3, 0.4) is 0 Å². The van der Waals surface area contributed by atoms with Gasteiger partial charge in [0.1, 0.15) is 22.3 Å². The van der Waals surface area contributed by atoms with Gasteiger partial charge in [0, 0.05) is 60.3 Å². The SMILES string of the molecule is c1ccc(-c2ccccc2N(c2cc(-c3cccc4c3oc3ccccc34)ccc2-c2cccc3c2oc2ccccc23)c2cccc3c2c2ccccc2n3-c2ccccc2)cc1. The molecule has 0 spiro atoms. The van der Waals surface area contributed by atoms with E-state index in [-0.39, 0.29) is 0 Å². The van der Waals surface area contributed by atoms with Crippen LogP contribution in [0.2, 0.25) is 0 Å². The minimum atomic E-state index is 0.854. The van der Waals surface area contributed by atoms with Crippen LogP contribution in [0.1, 0.15) is 0 Å². The van der Waals surface area contributed by atoms with Gasteiger partial charge >= 0.3 is 0 Å². The molecule has 3 heterocycles. The van der Waals surface area contributed by atoms with Crippen molar-refractivity contribution < 1.29 is 8.83 Å². The largest absolute Gasteiger partial charge is 0.455 e. The Hall–Kier alpha value is -8.60. The normalized spacial score (nSPS) is 11.8. The van der Waals surface area contributed by atoms with E-state index in [2.05, 4.69) is 228 Å². The van der Waals surface area contributed by atoms with Crippen LogP contribution in [0.25, 0.3) is 105 Å². The molecular weight excluding hydrogens is 781 g/mol. The van der Waals surface area contributed by atoms with Crippen LogP contribution in [0.15, 0.2) is 239 Å². The van der Waals surface area contributed by atoms with Crippen LogP contribution in [-0.4, -0.2) is 4.57 Å². The highest BCUT2D eigenvalue weighted by atomic mass is 16.3. The third-order valence-electron chi connectivity index (χ3n) is 12.8. The second-order valence-electron chi connectivity index (χ2n) is 16.4. The quantitative estimate of drug-likeness (QED) is 0.161. The molecule has 13 aromatic rings. The third-order valence-corrected chi connectivity index (χ3v) is 12.8. The summed E-state index contributed by atoms with van der Waals surface area (Å²) in [6, 6.07) is 82.2. The molecule has 4 nitrogen and oxygen atoms in total. The number of hydrogen-bond acceptors (Lipinski definition) is 3. The maximum absolute atomic E-state index is 6.83. The lowest BCUT2D eigenvalue weighted by atomic mass is 9.93. The van der Waals surface area contributed by atoms with Crippen LogP contribution in [0.5, 0.6) is 0 Å². The Labute approximate surface area is 369 Å². The summed E-state index contributed by atoms with van der Waals surface area (Å²) < 4.78 is 15.9. The third kappa shape index (κ3) is 5.56. The molecule has 0 fully saturated rings. The van der Waals surface area contributed by atoms with Gasteiger partial charge in [0.15, 0.2) is 0 Å². The van der Waals surface area contributed by atoms with Gasteiger partial charge in [0.2, 0.25) is 0 Å². The number of para-hydroxylation sites is 7. The summed E-state index contributed by atoms with van der Waals surface area (Å²) in [7, 11) is 0. The lowest BCUT2D eigenvalue weighted by Gasteiger charge is -2.31. The molecule has 3 aromatic heterocycles. The van der Waals surface area contributed by atoms with E-state index in [0.29, 0.717) is 0 Å². The molecule has 0 amide bonds. The molecule has 13 rings (SSSR count). The van der Waals surface area contributed by atoms with Crippen molar-refractivity contribution in [2.45, 2.75) is 0 Å². The Kier molecular flexibility index (Phi) is 8.18. The predicted molar refractivity (Wildman–Crippen MR) is 266 cm³/mol. The lowest BCUT2D eigenvalue weighted by Crippen LogP contribution is -2.13. The summed E-state index contributed by atoms with van der Waals surface area (Å²) in [4.78, 5) is 2.49. The van der Waals surface area contributed by atoms with Gasteiger partial charge in [0.25, 0.3) is 0 Å². The van der Waals surface area contributed by atoms with E-state index < -0.39 is 0 Å². The predicted octanol–water partition coefficient (Wildman–Crippen LogP) is 17.1. The zero-order valence-corrected chi connectivity index (χ0v) is 34.7. The summed E-state index contributed by atoms with van der Waals surface area (Å²) in [5.41, 5.74) is 16.3. The van der Waals surface area contributed by atoms with Crippen molar-refractivity contribution in [1.29, 1.82) is 0 Å². The topological polar surface area (TPSA) is 34.5 Å². The van der Waals surface area contributed by atoms with Crippen LogP contribution < -0.4 is 4.90 Å². The van der Waals surface area contributed by atoms with Crippen molar-refractivity contribution in [2.24, 2.45) is 0 Å². The Morgan fingerprint density at radius 2 is 0.844 bits per heavy atom. The molecule has 10 aromatic carbocycles. The van der Waals surface area contributed by atoms with Crippen molar-refractivity contribution in [3.8, 4) is 39.1 Å². The summed E-state index contributed by atoms with van der Waals surface area (Å²) in [6.07, 6.45) is 0. The molecule has 0 atom stereocenters. The van der Waals surface area contributed by atoms with Gasteiger partial charge in [-0.15, -0.1) is 0 Å². The van der Waals surface area contributed by atoms with E-state index in [1.165, 1.54) is 5.39 Å². The van der Waals surface area contributed by atoms with E-state index >= 15 is 0 Å². The fraction of sp³-hybridized carbons (Fsp3) is 0. The smallest absolute Gasteiger partial charge is 0.143 e. The first-order chi connectivity index (χ1) is 31.8. The Bertz CT molecular complexity index is 3910. The van der Waals surface area contributed by atoms with Gasteiger partial charge in [-0.1, -0.05) is 176 Å². The van der Waals surface area contributed by atoms with Crippen LogP contribution in [0, 0.1) is 0 Å². The molecule has 0 aliphatic rings. The number of hydrogen-bond donors (Lipinski definition) is 0. The van der Waals surface area contributed by atoms with E-state index in [1.807, 2.05) is 12.1 Å². The average Bonchev–Trinajstić information content (AvgIpc) is 4.05. The summed E-state index contributed by atoms with van der Waals surface area (Å²) >= 11 is 0. The second-order valence-corrected chi connectivity index (χ2v) is 16.4. The average molecular weight is 819 g/mol. The molecule has 300 valence electrons. The summed E-state index contributed by atoms with van der Waals surface area (Å²) in [5, 5.41) is 6.70. The fourth-order valence-electron chi connectivity index (χ4n) is 10.0. The maximum atomic E-state index is 6.83. The Morgan fingerprint density at radius 1 is 0.312 bits per heavy atom. The van der Waals surface area contributed by atoms with Gasteiger partial charge in [-0.2, -0.15) is 0 Å². The molecule has 0 saturated heterocycles. The molecule has 0 aliphatic heterocycles. The van der Waals surface area contributed by atoms with Crippen LogP contribution in [-0.2, 0) is 0 Å². The number of rotatable bonds is 7. The molecule has 64 heavy (non-hydrogen) atoms. The minimum absolute atomic E-state index is 0.854. The van der Waals surface area contributed by atoms with Crippen molar-refractivity contribution in [3.63, 3.8) is 0 Å². The number of fused-ring (bicyclic) bond motifs is 9. The minimum Gasteiger partial charge on any atom is -0.455 e. The highest BCUT2D eigenvalue weighted by molar-refractivity contribution is 6.18. The number of furan rings is 2. The molecule has 0 N–H and O–H groups in total. The van der Waals surface area contributed by atoms with Gasteiger partial charge in [-0.3, -0.25) is 0 Å². The van der Waals surface area contributed by atoms with Gasteiger partial charge in [-0.25, -0.2) is 0 Å². The second kappa shape index (κ2) is 14.5. The first-order valence-electron chi connectivity index (χ1n) is 21.8. The molecule has 4 heteroatoms. The molecule has 0 saturated carbocycles. The molecule has 0 unspecified atom stereocenters. The van der Waals surface area contributed by atoms with E-state index in [9.17, 15) is 0 Å². The first kappa shape index (κ1) is 36.1. The van der Waals surface area contributed by atoms with Crippen molar-refractivity contribution in [3.05, 3.63) is 231 Å². The number of nitrogens with zero attached hydrogens (tertiary/aromatic N) is 2. The standard InChI is InChI=1S/C60H38N2O2/c1-3-18-39(19-4-1)42-22-7-11-30-51(42)62(54-33-17-32-53-58(54)50-25-8-12-31-52(50)61(53)41-20-5-2-6-21-41)55-38-40(43-26-15-28-48-45-23-9-13-34-56(45)63-59(43)48)36-37-44(55)47-27-16-29-49-46-24-10-14-35-57(46)64-60(47)49/h1-38H. The van der Waals surface area contributed by atoms with Gasteiger partial charge < -0.3 is 18.3 Å². The molecular formula is C60H38N2O2. The zero-order chi connectivity index (χ0) is 42.1. The molecule has 0 aliphatic carbocycles. The maximum Gasteiger partial charge on any atom is 0.143 e. The van der Waals surface area contributed by atoms with E-state index in [1.54, 1.807) is 0 Å². The number of aromatic nitrogens is 1. The number of anilines is 3. The first-order valence-corrected chi connectivity index (χ1v) is 21.8. The molecule has 0 radical (unpaired) electrons. The van der Waals surface area contributed by atoms with Crippen molar-refractivity contribution >= 4 is 82.7 Å². The van der Waals surface area contributed by atoms with Crippen LogP contribution in [0.4, 0.5) is 17.1 Å². The van der Waals surface area contributed by atoms with Gasteiger partial charge in [0.05, 0.1) is 28.1 Å². The highest BCUT2D eigenvalue weighted by Crippen LogP contribution is 2.51.